The largest absolute Gasteiger partial charge is 0.240 e. The van der Waals surface area contributed by atoms with Gasteiger partial charge >= 0.3 is 0 Å². The standard InChI is InChI=1S/C13H16BrNO/c1-8(2)11-5-10(14)6-12(9(3)4)13(11)15-7-16/h5-6,8-9H,1-4H3. The second-order valence-corrected chi connectivity index (χ2v) is 5.36. The van der Waals surface area contributed by atoms with E-state index < -0.39 is 0 Å². The van der Waals surface area contributed by atoms with Crippen LogP contribution in [0.15, 0.2) is 21.6 Å². The minimum atomic E-state index is 0.335. The van der Waals surface area contributed by atoms with Crippen LogP contribution in [0.5, 0.6) is 0 Å². The van der Waals surface area contributed by atoms with Crippen molar-refractivity contribution in [3.05, 3.63) is 27.7 Å². The number of rotatable bonds is 3. The Hall–Kier alpha value is -0.920. The smallest absolute Gasteiger partial charge is 0.211 e. The summed E-state index contributed by atoms with van der Waals surface area (Å²) in [6, 6.07) is 4.04. The van der Waals surface area contributed by atoms with Gasteiger partial charge in [-0.25, -0.2) is 4.79 Å². The van der Waals surface area contributed by atoms with Crippen molar-refractivity contribution in [3.8, 4) is 0 Å². The fourth-order valence-electron chi connectivity index (χ4n) is 1.70. The molecule has 0 aliphatic rings. The van der Waals surface area contributed by atoms with Crippen molar-refractivity contribution in [1.29, 1.82) is 0 Å². The number of hydrogen-bond acceptors (Lipinski definition) is 2. The number of carbonyl (C=O) groups excluding carboxylic acids is 1. The second-order valence-electron chi connectivity index (χ2n) is 4.45. The lowest BCUT2D eigenvalue weighted by Crippen LogP contribution is -1.96. The third kappa shape index (κ3) is 2.81. The van der Waals surface area contributed by atoms with E-state index in [1.807, 2.05) is 12.1 Å². The summed E-state index contributed by atoms with van der Waals surface area (Å²) < 4.78 is 1.03. The van der Waals surface area contributed by atoms with Gasteiger partial charge in [-0.1, -0.05) is 43.6 Å². The summed E-state index contributed by atoms with van der Waals surface area (Å²) >= 11 is 3.49. The van der Waals surface area contributed by atoms with Gasteiger partial charge in [-0.3, -0.25) is 0 Å². The van der Waals surface area contributed by atoms with Crippen LogP contribution < -0.4 is 0 Å². The molecule has 0 aromatic heterocycles. The van der Waals surface area contributed by atoms with Crippen LogP contribution in [0.4, 0.5) is 5.69 Å². The van der Waals surface area contributed by atoms with Gasteiger partial charge in [-0.15, -0.1) is 0 Å². The Bertz CT molecular complexity index is 403. The summed E-state index contributed by atoms with van der Waals surface area (Å²) in [5.74, 6) is 0.671. The highest BCUT2D eigenvalue weighted by Gasteiger charge is 2.14. The van der Waals surface area contributed by atoms with Gasteiger partial charge in [0.1, 0.15) is 0 Å². The highest BCUT2D eigenvalue weighted by atomic mass is 79.9. The molecule has 1 aromatic rings. The maximum Gasteiger partial charge on any atom is 0.240 e. The maximum absolute atomic E-state index is 10.5. The van der Waals surface area contributed by atoms with Crippen molar-refractivity contribution in [2.24, 2.45) is 4.99 Å². The summed E-state index contributed by atoms with van der Waals surface area (Å²) in [5.41, 5.74) is 2.95. The van der Waals surface area contributed by atoms with E-state index in [-0.39, 0.29) is 0 Å². The molecule has 0 N–H and O–H groups in total. The number of nitrogens with zero attached hydrogens (tertiary/aromatic N) is 1. The van der Waals surface area contributed by atoms with Gasteiger partial charge in [0.25, 0.3) is 0 Å². The third-order valence-electron chi connectivity index (χ3n) is 2.54. The van der Waals surface area contributed by atoms with Gasteiger partial charge in [0.15, 0.2) is 0 Å². The molecule has 3 heteroatoms. The maximum atomic E-state index is 10.5. The van der Waals surface area contributed by atoms with Crippen molar-refractivity contribution in [2.75, 3.05) is 0 Å². The third-order valence-corrected chi connectivity index (χ3v) is 2.99. The molecule has 1 rings (SSSR count). The summed E-state index contributed by atoms with van der Waals surface area (Å²) in [5, 5.41) is 0. The average Bonchev–Trinajstić information content (AvgIpc) is 2.19. The highest BCUT2D eigenvalue weighted by Crippen LogP contribution is 2.37. The minimum Gasteiger partial charge on any atom is -0.211 e. The quantitative estimate of drug-likeness (QED) is 0.585. The fraction of sp³-hybridized carbons (Fsp3) is 0.462. The van der Waals surface area contributed by atoms with Gasteiger partial charge in [-0.05, 0) is 35.1 Å². The topological polar surface area (TPSA) is 29.4 Å². The van der Waals surface area contributed by atoms with Crippen LogP contribution in [0.1, 0.15) is 50.7 Å². The molecule has 0 unspecified atom stereocenters. The zero-order valence-corrected chi connectivity index (χ0v) is 11.6. The molecule has 0 heterocycles. The molecule has 0 amide bonds. The summed E-state index contributed by atoms with van der Waals surface area (Å²) in [6.07, 6.45) is 1.65. The Morgan fingerprint density at radius 1 is 1.12 bits per heavy atom. The van der Waals surface area contributed by atoms with Crippen LogP contribution in [-0.2, 0) is 4.79 Å². The van der Waals surface area contributed by atoms with E-state index in [1.54, 1.807) is 6.08 Å². The molecule has 0 atom stereocenters. The molecule has 16 heavy (non-hydrogen) atoms. The molecule has 0 spiro atoms. The Kier molecular flexibility index (Phi) is 4.45. The van der Waals surface area contributed by atoms with Gasteiger partial charge in [0.2, 0.25) is 6.08 Å². The van der Waals surface area contributed by atoms with Gasteiger partial charge in [0.05, 0.1) is 5.69 Å². The van der Waals surface area contributed by atoms with Crippen molar-refractivity contribution in [1.82, 2.24) is 0 Å². The zero-order chi connectivity index (χ0) is 12.3. The first-order valence-electron chi connectivity index (χ1n) is 5.38. The van der Waals surface area contributed by atoms with E-state index in [0.717, 1.165) is 21.3 Å². The summed E-state index contributed by atoms with van der Waals surface area (Å²) in [6.45, 7) is 8.37. The SMILES string of the molecule is CC(C)c1cc(Br)cc(C(C)C)c1N=C=O. The number of isocyanates is 1. The van der Waals surface area contributed by atoms with Crippen LogP contribution in [-0.4, -0.2) is 6.08 Å². The molecule has 86 valence electrons. The zero-order valence-electron chi connectivity index (χ0n) is 10.0. The normalized spacial score (nSPS) is 10.7. The number of aliphatic imine (C=N–C) groups is 1. The lowest BCUT2D eigenvalue weighted by molar-refractivity contribution is 0.565. The molecule has 1 aromatic carbocycles. The van der Waals surface area contributed by atoms with Crippen LogP contribution in [0.3, 0.4) is 0 Å². The molecule has 2 nitrogen and oxygen atoms in total. The van der Waals surface area contributed by atoms with E-state index in [0.29, 0.717) is 11.8 Å². The molecule has 0 bridgehead atoms. The number of hydrogen-bond donors (Lipinski definition) is 0. The van der Waals surface area contributed by atoms with Crippen LogP contribution in [0, 0.1) is 0 Å². The lowest BCUT2D eigenvalue weighted by atomic mass is 9.93. The van der Waals surface area contributed by atoms with Crippen LogP contribution >= 0.6 is 15.9 Å². The molecule has 0 aliphatic heterocycles. The monoisotopic (exact) mass is 281 g/mol. The summed E-state index contributed by atoms with van der Waals surface area (Å²) in [7, 11) is 0. The molecule has 0 saturated heterocycles. The Morgan fingerprint density at radius 2 is 1.56 bits per heavy atom. The second kappa shape index (κ2) is 5.42. The van der Waals surface area contributed by atoms with Crippen molar-refractivity contribution in [2.45, 2.75) is 39.5 Å². The Labute approximate surface area is 105 Å². The molecule has 0 fully saturated rings. The molecule has 0 saturated carbocycles. The van der Waals surface area contributed by atoms with Crippen LogP contribution in [0.25, 0.3) is 0 Å². The fourth-order valence-corrected chi connectivity index (χ4v) is 2.19. The predicted octanol–water partition coefficient (Wildman–Crippen LogP) is 4.66. The molecular formula is C13H16BrNO. The van der Waals surface area contributed by atoms with Gasteiger partial charge in [-0.2, -0.15) is 4.99 Å². The average molecular weight is 282 g/mol. The van der Waals surface area contributed by atoms with Crippen LogP contribution in [0.2, 0.25) is 0 Å². The van der Waals surface area contributed by atoms with E-state index in [1.165, 1.54) is 0 Å². The van der Waals surface area contributed by atoms with E-state index in [9.17, 15) is 4.79 Å². The van der Waals surface area contributed by atoms with Crippen molar-refractivity contribution in [3.63, 3.8) is 0 Å². The van der Waals surface area contributed by atoms with Gasteiger partial charge < -0.3 is 0 Å². The van der Waals surface area contributed by atoms with E-state index in [2.05, 4.69) is 48.6 Å². The first-order valence-corrected chi connectivity index (χ1v) is 6.17. The Balaban J connectivity index is 3.53. The minimum absolute atomic E-state index is 0.335. The first kappa shape index (κ1) is 13.1. The van der Waals surface area contributed by atoms with Gasteiger partial charge in [0, 0.05) is 4.47 Å². The first-order chi connectivity index (χ1) is 7.47. The number of benzene rings is 1. The molecule has 0 radical (unpaired) electrons. The summed E-state index contributed by atoms with van der Waals surface area (Å²) in [4.78, 5) is 14.4. The Morgan fingerprint density at radius 3 is 1.88 bits per heavy atom. The molecular weight excluding hydrogens is 266 g/mol. The van der Waals surface area contributed by atoms with Crippen molar-refractivity contribution < 1.29 is 4.79 Å². The van der Waals surface area contributed by atoms with E-state index in [4.69, 9.17) is 0 Å². The predicted molar refractivity (Wildman–Crippen MR) is 70.1 cm³/mol. The van der Waals surface area contributed by atoms with E-state index >= 15 is 0 Å². The highest BCUT2D eigenvalue weighted by molar-refractivity contribution is 9.10. The number of halogens is 1. The lowest BCUT2D eigenvalue weighted by Gasteiger charge is -2.16. The molecule has 0 aliphatic carbocycles. The van der Waals surface area contributed by atoms with Crippen molar-refractivity contribution >= 4 is 27.7 Å².